The third kappa shape index (κ3) is 4.90. The molecule has 1 amide bonds. The molecule has 0 radical (unpaired) electrons. The molecule has 0 bridgehead atoms. The SMILES string of the molecule is O=C(C=Cc1ccc([N+](=O)[O-])cc1)NCCCn1cccc1. The minimum Gasteiger partial charge on any atom is -0.354 e. The van der Waals surface area contributed by atoms with Crippen molar-refractivity contribution in [2.24, 2.45) is 0 Å². The quantitative estimate of drug-likeness (QED) is 0.369. The van der Waals surface area contributed by atoms with Crippen LogP contribution in [0.25, 0.3) is 6.08 Å². The summed E-state index contributed by atoms with van der Waals surface area (Å²) in [6, 6.07) is 9.96. The number of hydrogen-bond acceptors (Lipinski definition) is 3. The molecule has 6 heteroatoms. The summed E-state index contributed by atoms with van der Waals surface area (Å²) in [7, 11) is 0. The molecule has 1 heterocycles. The number of carbonyl (C=O) groups excluding carboxylic acids is 1. The van der Waals surface area contributed by atoms with E-state index in [1.807, 2.05) is 24.5 Å². The summed E-state index contributed by atoms with van der Waals surface area (Å²) >= 11 is 0. The summed E-state index contributed by atoms with van der Waals surface area (Å²) in [6.45, 7) is 1.46. The second kappa shape index (κ2) is 7.78. The van der Waals surface area contributed by atoms with Gasteiger partial charge in [0.25, 0.3) is 5.69 Å². The maximum Gasteiger partial charge on any atom is 0.269 e. The lowest BCUT2D eigenvalue weighted by molar-refractivity contribution is -0.384. The molecular formula is C16H17N3O3. The third-order valence-corrected chi connectivity index (χ3v) is 3.09. The number of nitrogens with zero attached hydrogens (tertiary/aromatic N) is 2. The summed E-state index contributed by atoms with van der Waals surface area (Å²) in [4.78, 5) is 21.7. The Morgan fingerprint density at radius 3 is 2.55 bits per heavy atom. The van der Waals surface area contributed by atoms with E-state index in [-0.39, 0.29) is 11.6 Å². The number of nitro groups is 1. The van der Waals surface area contributed by atoms with Crippen LogP contribution in [0.4, 0.5) is 5.69 Å². The van der Waals surface area contributed by atoms with Gasteiger partial charge in [-0.2, -0.15) is 0 Å². The topological polar surface area (TPSA) is 77.2 Å². The van der Waals surface area contributed by atoms with Crippen molar-refractivity contribution in [2.45, 2.75) is 13.0 Å². The van der Waals surface area contributed by atoms with Crippen LogP contribution in [0.1, 0.15) is 12.0 Å². The van der Waals surface area contributed by atoms with Gasteiger partial charge >= 0.3 is 0 Å². The van der Waals surface area contributed by atoms with Crippen LogP contribution in [0, 0.1) is 10.1 Å². The molecule has 0 unspecified atom stereocenters. The molecule has 0 saturated carbocycles. The normalized spacial score (nSPS) is 10.7. The minimum atomic E-state index is -0.453. The number of benzene rings is 1. The van der Waals surface area contributed by atoms with Crippen molar-refractivity contribution in [3.05, 3.63) is 70.5 Å². The van der Waals surface area contributed by atoms with Gasteiger partial charge in [-0.25, -0.2) is 0 Å². The Balaban J connectivity index is 1.72. The van der Waals surface area contributed by atoms with Crippen molar-refractivity contribution in [1.29, 1.82) is 0 Å². The fourth-order valence-electron chi connectivity index (χ4n) is 1.93. The predicted molar refractivity (Wildman–Crippen MR) is 84.2 cm³/mol. The highest BCUT2D eigenvalue weighted by Crippen LogP contribution is 2.12. The summed E-state index contributed by atoms with van der Waals surface area (Å²) in [5.41, 5.74) is 0.778. The van der Waals surface area contributed by atoms with Gasteiger partial charge in [0.2, 0.25) is 5.91 Å². The first-order valence-electron chi connectivity index (χ1n) is 6.96. The average molecular weight is 299 g/mol. The fraction of sp³-hybridized carbons (Fsp3) is 0.188. The Bertz CT molecular complexity index is 646. The zero-order valence-electron chi connectivity index (χ0n) is 12.0. The molecule has 1 N–H and O–H groups in total. The van der Waals surface area contributed by atoms with Crippen LogP contribution in [0.5, 0.6) is 0 Å². The van der Waals surface area contributed by atoms with Crippen LogP contribution in [0.15, 0.2) is 54.9 Å². The molecule has 0 spiro atoms. The molecule has 0 fully saturated rings. The molecule has 2 aromatic rings. The second-order valence-corrected chi connectivity index (χ2v) is 4.75. The van der Waals surface area contributed by atoms with Gasteiger partial charge in [0.1, 0.15) is 0 Å². The van der Waals surface area contributed by atoms with E-state index >= 15 is 0 Å². The number of nitro benzene ring substituents is 1. The molecular weight excluding hydrogens is 282 g/mol. The van der Waals surface area contributed by atoms with Crippen LogP contribution >= 0.6 is 0 Å². The smallest absolute Gasteiger partial charge is 0.269 e. The number of aromatic nitrogens is 1. The van der Waals surface area contributed by atoms with Crippen LogP contribution in [-0.4, -0.2) is 21.9 Å². The monoisotopic (exact) mass is 299 g/mol. The third-order valence-electron chi connectivity index (χ3n) is 3.09. The summed E-state index contributed by atoms with van der Waals surface area (Å²) < 4.78 is 2.05. The van der Waals surface area contributed by atoms with Crippen LogP contribution in [-0.2, 0) is 11.3 Å². The Morgan fingerprint density at radius 1 is 1.23 bits per heavy atom. The van der Waals surface area contributed by atoms with Gasteiger partial charge in [0.15, 0.2) is 0 Å². The zero-order valence-corrected chi connectivity index (χ0v) is 12.0. The highest BCUT2D eigenvalue weighted by Gasteiger charge is 2.02. The molecule has 0 aliphatic carbocycles. The second-order valence-electron chi connectivity index (χ2n) is 4.75. The van der Waals surface area contributed by atoms with Crippen LogP contribution in [0.3, 0.4) is 0 Å². The number of nitrogens with one attached hydrogen (secondary N) is 1. The lowest BCUT2D eigenvalue weighted by Gasteiger charge is -2.03. The summed E-state index contributed by atoms with van der Waals surface area (Å²) in [6.07, 6.45) is 7.88. The molecule has 0 saturated heterocycles. The van der Waals surface area contributed by atoms with Gasteiger partial charge in [-0.3, -0.25) is 14.9 Å². The van der Waals surface area contributed by atoms with E-state index in [4.69, 9.17) is 0 Å². The molecule has 0 atom stereocenters. The Labute approximate surface area is 128 Å². The van der Waals surface area contributed by atoms with E-state index in [2.05, 4.69) is 9.88 Å². The summed E-state index contributed by atoms with van der Waals surface area (Å²) in [5, 5.41) is 13.3. The van der Waals surface area contributed by atoms with Crippen molar-refractivity contribution in [2.75, 3.05) is 6.54 Å². The first-order chi connectivity index (χ1) is 10.6. The minimum absolute atomic E-state index is 0.0339. The fourth-order valence-corrected chi connectivity index (χ4v) is 1.93. The van der Waals surface area contributed by atoms with E-state index in [9.17, 15) is 14.9 Å². The number of rotatable bonds is 7. The summed E-state index contributed by atoms with van der Waals surface area (Å²) in [5.74, 6) is -0.175. The van der Waals surface area contributed by atoms with Gasteiger partial charge in [-0.05, 0) is 42.3 Å². The Morgan fingerprint density at radius 2 is 1.91 bits per heavy atom. The average Bonchev–Trinajstić information content (AvgIpc) is 3.03. The molecule has 2 rings (SSSR count). The van der Waals surface area contributed by atoms with Crippen LogP contribution in [0.2, 0.25) is 0 Å². The number of hydrogen-bond donors (Lipinski definition) is 1. The van der Waals surface area contributed by atoms with Gasteiger partial charge in [0.05, 0.1) is 4.92 Å². The van der Waals surface area contributed by atoms with Gasteiger partial charge in [0, 0.05) is 43.7 Å². The van der Waals surface area contributed by atoms with Gasteiger partial charge in [-0.15, -0.1) is 0 Å². The van der Waals surface area contributed by atoms with Gasteiger partial charge in [-0.1, -0.05) is 0 Å². The van der Waals surface area contributed by atoms with Crippen molar-refractivity contribution in [3.63, 3.8) is 0 Å². The molecule has 22 heavy (non-hydrogen) atoms. The van der Waals surface area contributed by atoms with Crippen molar-refractivity contribution >= 4 is 17.7 Å². The zero-order chi connectivity index (χ0) is 15.8. The van der Waals surface area contributed by atoms with E-state index in [0.717, 1.165) is 18.5 Å². The molecule has 6 nitrogen and oxygen atoms in total. The number of amides is 1. The molecule has 114 valence electrons. The highest BCUT2D eigenvalue weighted by molar-refractivity contribution is 5.91. The van der Waals surface area contributed by atoms with E-state index in [0.29, 0.717) is 6.54 Å². The largest absolute Gasteiger partial charge is 0.354 e. The predicted octanol–water partition coefficient (Wildman–Crippen LogP) is 2.62. The standard InChI is InChI=1S/C16H17N3O3/c20-16(17-10-3-13-18-11-1-2-12-18)9-6-14-4-7-15(8-5-14)19(21)22/h1-2,4-9,11-12H,3,10,13H2,(H,17,20). The first-order valence-corrected chi connectivity index (χ1v) is 6.96. The first kappa shape index (κ1) is 15.5. The van der Waals surface area contributed by atoms with E-state index in [1.54, 1.807) is 18.2 Å². The Hall–Kier alpha value is -2.89. The maximum absolute atomic E-state index is 11.6. The molecule has 0 aliphatic heterocycles. The van der Waals surface area contributed by atoms with E-state index < -0.39 is 4.92 Å². The maximum atomic E-state index is 11.6. The van der Waals surface area contributed by atoms with Crippen LogP contribution < -0.4 is 5.32 Å². The number of carbonyl (C=O) groups is 1. The van der Waals surface area contributed by atoms with Crippen molar-refractivity contribution < 1.29 is 9.72 Å². The van der Waals surface area contributed by atoms with Crippen molar-refractivity contribution in [1.82, 2.24) is 9.88 Å². The molecule has 0 aliphatic rings. The number of aryl methyl sites for hydroxylation is 1. The van der Waals surface area contributed by atoms with Gasteiger partial charge < -0.3 is 9.88 Å². The molecule has 1 aromatic carbocycles. The lowest BCUT2D eigenvalue weighted by atomic mass is 10.2. The number of non-ortho nitro benzene ring substituents is 1. The van der Waals surface area contributed by atoms with E-state index in [1.165, 1.54) is 18.2 Å². The molecule has 1 aromatic heterocycles. The Kier molecular flexibility index (Phi) is 5.48. The lowest BCUT2D eigenvalue weighted by Crippen LogP contribution is -2.22. The highest BCUT2D eigenvalue weighted by atomic mass is 16.6. The van der Waals surface area contributed by atoms with Crippen molar-refractivity contribution in [3.8, 4) is 0 Å².